The zero-order chi connectivity index (χ0) is 18.5. The van der Waals surface area contributed by atoms with Crippen LogP contribution in [-0.2, 0) is 16.1 Å². The van der Waals surface area contributed by atoms with Crippen molar-refractivity contribution in [3.8, 4) is 0 Å². The molecule has 0 bridgehead atoms. The number of para-hydroxylation sites is 1. The smallest absolute Gasteiger partial charge is 0.325 e. The van der Waals surface area contributed by atoms with Crippen molar-refractivity contribution in [2.24, 2.45) is 10.2 Å². The molecular weight excluding hydrogens is 356 g/mol. The average molecular weight is 370 g/mol. The molecule has 1 aromatic heterocycles. The third-order valence-corrected chi connectivity index (χ3v) is 4.61. The van der Waals surface area contributed by atoms with Crippen LogP contribution < -0.4 is 4.80 Å². The number of hydrogen-bond acceptors (Lipinski definition) is 7. The summed E-state index contributed by atoms with van der Waals surface area (Å²) in [5.74, 6) is -0.380. The number of methoxy groups -OCH3 is 1. The number of hydrogen-bond donors (Lipinski definition) is 0. The lowest BCUT2D eigenvalue weighted by molar-refractivity contribution is -0.384. The van der Waals surface area contributed by atoms with E-state index >= 15 is 0 Å². The van der Waals surface area contributed by atoms with Gasteiger partial charge in [0.05, 0.1) is 28.5 Å². The average Bonchev–Trinajstić information content (AvgIpc) is 2.99. The van der Waals surface area contributed by atoms with Gasteiger partial charge in [-0.2, -0.15) is 5.10 Å². The number of non-ortho nitro benzene ring substituents is 1. The lowest BCUT2D eigenvalue weighted by Gasteiger charge is -2.02. The van der Waals surface area contributed by atoms with E-state index in [9.17, 15) is 14.9 Å². The van der Waals surface area contributed by atoms with Gasteiger partial charge in [-0.15, -0.1) is 5.10 Å². The molecule has 0 N–H and O–H groups in total. The van der Waals surface area contributed by atoms with E-state index in [1.165, 1.54) is 36.8 Å². The third-order valence-electron chi connectivity index (χ3n) is 3.56. The first kappa shape index (κ1) is 17.5. The van der Waals surface area contributed by atoms with Gasteiger partial charge in [-0.05, 0) is 29.8 Å². The molecule has 0 aliphatic heterocycles. The van der Waals surface area contributed by atoms with Crippen molar-refractivity contribution in [3.05, 3.63) is 69.0 Å². The van der Waals surface area contributed by atoms with Crippen LogP contribution in [0.25, 0.3) is 10.2 Å². The molecule has 9 heteroatoms. The maximum Gasteiger partial charge on any atom is 0.325 e. The van der Waals surface area contributed by atoms with Crippen LogP contribution in [-0.4, -0.2) is 28.8 Å². The summed E-state index contributed by atoms with van der Waals surface area (Å²) in [5, 5.41) is 18.9. The van der Waals surface area contributed by atoms with E-state index in [4.69, 9.17) is 4.74 Å². The van der Waals surface area contributed by atoms with Crippen LogP contribution in [0.2, 0.25) is 0 Å². The van der Waals surface area contributed by atoms with Gasteiger partial charge in [-0.1, -0.05) is 23.5 Å². The lowest BCUT2D eigenvalue weighted by Crippen LogP contribution is -2.20. The first-order valence-electron chi connectivity index (χ1n) is 7.55. The van der Waals surface area contributed by atoms with E-state index in [2.05, 4.69) is 10.2 Å². The Morgan fingerprint density at radius 1 is 1.27 bits per heavy atom. The number of fused-ring (bicyclic) bond motifs is 1. The van der Waals surface area contributed by atoms with Gasteiger partial charge in [0.15, 0.2) is 0 Å². The zero-order valence-corrected chi connectivity index (χ0v) is 14.5. The van der Waals surface area contributed by atoms with Crippen LogP contribution in [0.3, 0.4) is 0 Å². The van der Waals surface area contributed by atoms with Gasteiger partial charge in [0.1, 0.15) is 6.54 Å². The quantitative estimate of drug-likeness (QED) is 0.298. The fourth-order valence-corrected chi connectivity index (χ4v) is 3.26. The normalized spacial score (nSPS) is 12.0. The molecule has 0 saturated heterocycles. The standard InChI is InChI=1S/C17H14N4O4S/c1-25-16(22)11-20-14-4-2-3-5-15(14)26-17(20)19-18-10-12-6-8-13(9-7-12)21(23)24/h2-10H,11H2,1H3/b18-10+,19-17+. The van der Waals surface area contributed by atoms with Crippen molar-refractivity contribution < 1.29 is 14.5 Å². The minimum absolute atomic E-state index is 0.0134. The second kappa shape index (κ2) is 7.70. The van der Waals surface area contributed by atoms with E-state index in [1.807, 2.05) is 24.3 Å². The summed E-state index contributed by atoms with van der Waals surface area (Å²) >= 11 is 1.40. The van der Waals surface area contributed by atoms with Crippen LogP contribution >= 0.6 is 11.3 Å². The molecule has 0 radical (unpaired) electrons. The number of carbonyl (C=O) groups excluding carboxylic acids is 1. The van der Waals surface area contributed by atoms with Crippen molar-refractivity contribution in [1.29, 1.82) is 0 Å². The van der Waals surface area contributed by atoms with Gasteiger partial charge in [0, 0.05) is 12.1 Å². The second-order valence-corrected chi connectivity index (χ2v) is 6.22. The van der Waals surface area contributed by atoms with Crippen LogP contribution in [0.1, 0.15) is 5.56 Å². The summed E-state index contributed by atoms with van der Waals surface area (Å²) in [6, 6.07) is 13.6. The zero-order valence-electron chi connectivity index (χ0n) is 13.7. The molecule has 0 spiro atoms. The van der Waals surface area contributed by atoms with Crippen molar-refractivity contribution in [2.45, 2.75) is 6.54 Å². The number of nitro benzene ring substituents is 1. The Morgan fingerprint density at radius 3 is 2.69 bits per heavy atom. The molecule has 0 aliphatic carbocycles. The van der Waals surface area contributed by atoms with Gasteiger partial charge in [0.25, 0.3) is 5.69 Å². The minimum Gasteiger partial charge on any atom is -0.468 e. The van der Waals surface area contributed by atoms with Gasteiger partial charge in [-0.25, -0.2) is 0 Å². The van der Waals surface area contributed by atoms with Crippen LogP contribution in [0.4, 0.5) is 5.69 Å². The van der Waals surface area contributed by atoms with E-state index in [0.717, 1.165) is 10.2 Å². The molecule has 0 fully saturated rings. The number of benzene rings is 2. The molecule has 0 saturated carbocycles. The van der Waals surface area contributed by atoms with Crippen LogP contribution in [0, 0.1) is 10.1 Å². The van der Waals surface area contributed by atoms with Crippen molar-refractivity contribution in [3.63, 3.8) is 0 Å². The van der Waals surface area contributed by atoms with Gasteiger partial charge >= 0.3 is 5.97 Å². The minimum atomic E-state index is -0.460. The second-order valence-electron chi connectivity index (χ2n) is 5.21. The molecule has 0 amide bonds. The Labute approximate surface area is 151 Å². The fraction of sp³-hybridized carbons (Fsp3) is 0.118. The molecule has 0 atom stereocenters. The maximum atomic E-state index is 11.7. The predicted molar refractivity (Wildman–Crippen MR) is 98.1 cm³/mol. The SMILES string of the molecule is COC(=O)Cn1/c(=N\N=C\c2ccc([N+](=O)[O-])cc2)sc2ccccc21. The number of thiazole rings is 1. The Balaban J connectivity index is 1.94. The number of ether oxygens (including phenoxy) is 1. The highest BCUT2D eigenvalue weighted by Gasteiger charge is 2.10. The molecule has 132 valence electrons. The molecule has 2 aromatic carbocycles. The summed E-state index contributed by atoms with van der Waals surface area (Å²) in [5.41, 5.74) is 1.56. The third kappa shape index (κ3) is 3.83. The number of nitrogens with zero attached hydrogens (tertiary/aromatic N) is 4. The van der Waals surface area contributed by atoms with Crippen LogP contribution in [0.5, 0.6) is 0 Å². The fourth-order valence-electron chi connectivity index (χ4n) is 2.27. The molecule has 3 aromatic rings. The summed E-state index contributed by atoms with van der Waals surface area (Å²) in [4.78, 5) is 22.4. The number of esters is 1. The summed E-state index contributed by atoms with van der Waals surface area (Å²) in [6.45, 7) is 0.0341. The van der Waals surface area contributed by atoms with E-state index < -0.39 is 4.92 Å². The highest BCUT2D eigenvalue weighted by atomic mass is 32.1. The summed E-state index contributed by atoms with van der Waals surface area (Å²) in [6.07, 6.45) is 1.50. The van der Waals surface area contributed by atoms with E-state index in [-0.39, 0.29) is 18.2 Å². The molecule has 8 nitrogen and oxygen atoms in total. The highest BCUT2D eigenvalue weighted by Crippen LogP contribution is 2.16. The monoisotopic (exact) mass is 370 g/mol. The van der Waals surface area contributed by atoms with Crippen LogP contribution in [0.15, 0.2) is 58.7 Å². The van der Waals surface area contributed by atoms with Crippen molar-refractivity contribution >= 4 is 39.4 Å². The number of nitro groups is 1. The molecule has 0 aliphatic rings. The Hall–Kier alpha value is -3.33. The molecule has 3 rings (SSSR count). The van der Waals surface area contributed by atoms with E-state index in [1.54, 1.807) is 16.7 Å². The molecular formula is C17H14N4O4S. The van der Waals surface area contributed by atoms with Gasteiger partial charge < -0.3 is 9.30 Å². The number of carbonyl (C=O) groups is 1. The largest absolute Gasteiger partial charge is 0.468 e. The van der Waals surface area contributed by atoms with Gasteiger partial charge in [-0.3, -0.25) is 14.9 Å². The molecule has 26 heavy (non-hydrogen) atoms. The van der Waals surface area contributed by atoms with Gasteiger partial charge in [0.2, 0.25) is 4.80 Å². The number of aromatic nitrogens is 1. The summed E-state index contributed by atoms with van der Waals surface area (Å²) in [7, 11) is 1.33. The topological polar surface area (TPSA) is 99.1 Å². The first-order valence-corrected chi connectivity index (χ1v) is 8.37. The summed E-state index contributed by atoms with van der Waals surface area (Å²) < 4.78 is 7.45. The Bertz CT molecular complexity index is 1050. The molecule has 0 unspecified atom stereocenters. The van der Waals surface area contributed by atoms with Crippen molar-refractivity contribution in [1.82, 2.24) is 4.57 Å². The molecule has 1 heterocycles. The lowest BCUT2D eigenvalue weighted by atomic mass is 10.2. The highest BCUT2D eigenvalue weighted by molar-refractivity contribution is 7.16. The van der Waals surface area contributed by atoms with Crippen molar-refractivity contribution in [2.75, 3.05) is 7.11 Å². The maximum absolute atomic E-state index is 11.7. The number of rotatable bonds is 5. The van der Waals surface area contributed by atoms with E-state index in [0.29, 0.717) is 10.4 Å². The Kier molecular flexibility index (Phi) is 5.18. The Morgan fingerprint density at radius 2 is 2.00 bits per heavy atom. The first-order chi connectivity index (χ1) is 12.6. The predicted octanol–water partition coefficient (Wildman–Crippen LogP) is 2.72.